The van der Waals surface area contributed by atoms with Gasteiger partial charge in [-0.05, 0) is 18.6 Å². The summed E-state index contributed by atoms with van der Waals surface area (Å²) < 4.78 is 32.0. The average Bonchev–Trinajstić information content (AvgIpc) is 2.62. The number of esters is 4. The Bertz CT molecular complexity index is 655. The summed E-state index contributed by atoms with van der Waals surface area (Å²) in [6.07, 6.45) is -5.24. The lowest BCUT2D eigenvalue weighted by Gasteiger charge is -2.44. The predicted molar refractivity (Wildman–Crippen MR) is 104 cm³/mol. The van der Waals surface area contributed by atoms with E-state index >= 15 is 0 Å². The van der Waals surface area contributed by atoms with Crippen LogP contribution in [0.5, 0.6) is 0 Å². The van der Waals surface area contributed by atoms with Crippen LogP contribution in [0.15, 0.2) is 0 Å². The number of ether oxygens (including phenoxy) is 6. The number of rotatable bonds is 8. The van der Waals surface area contributed by atoms with Crippen molar-refractivity contribution in [3.63, 3.8) is 0 Å². The van der Waals surface area contributed by atoms with Crippen molar-refractivity contribution < 1.29 is 47.6 Å². The molecule has 1 rings (SSSR count). The Labute approximate surface area is 179 Å². The molecule has 1 heterocycles. The molecule has 0 spiro atoms. The van der Waals surface area contributed by atoms with E-state index in [4.69, 9.17) is 40.6 Å². The van der Waals surface area contributed by atoms with Crippen LogP contribution in [0.25, 0.3) is 0 Å². The van der Waals surface area contributed by atoms with E-state index in [0.29, 0.717) is 13.0 Å². The van der Waals surface area contributed by atoms with Gasteiger partial charge in [-0.1, -0.05) is 6.92 Å². The van der Waals surface area contributed by atoms with E-state index in [1.165, 1.54) is 6.92 Å². The summed E-state index contributed by atoms with van der Waals surface area (Å²) in [7, 11) is 0. The fraction of sp³-hybridized carbons (Fsp3) is 0.722. The highest BCUT2D eigenvalue weighted by atomic mass is 32.1. The molecular weight excluding hydrogens is 422 g/mol. The van der Waals surface area contributed by atoms with Crippen LogP contribution in [0.4, 0.5) is 0 Å². The highest BCUT2D eigenvalue weighted by Crippen LogP contribution is 2.28. The number of hydrogen-bond donors (Lipinski definition) is 1. The maximum absolute atomic E-state index is 11.7. The fourth-order valence-corrected chi connectivity index (χ4v) is 2.90. The summed E-state index contributed by atoms with van der Waals surface area (Å²) in [4.78, 5) is 46.3. The smallest absolute Gasteiger partial charge is 0.303 e. The molecule has 1 aliphatic rings. The van der Waals surface area contributed by atoms with Gasteiger partial charge in [0.15, 0.2) is 24.5 Å². The molecule has 0 aliphatic carbocycles. The normalized spacial score (nSPS) is 25.4. The van der Waals surface area contributed by atoms with Crippen molar-refractivity contribution in [2.75, 3.05) is 13.2 Å². The lowest BCUT2D eigenvalue weighted by molar-refractivity contribution is -0.255. The molecule has 30 heavy (non-hydrogen) atoms. The Hall–Kier alpha value is -2.47. The van der Waals surface area contributed by atoms with E-state index in [2.05, 4.69) is 5.32 Å². The van der Waals surface area contributed by atoms with E-state index < -0.39 is 54.5 Å². The van der Waals surface area contributed by atoms with Crippen molar-refractivity contribution in [1.82, 2.24) is 5.32 Å². The van der Waals surface area contributed by atoms with Gasteiger partial charge in [-0.2, -0.15) is 0 Å². The van der Waals surface area contributed by atoms with Gasteiger partial charge in [0.1, 0.15) is 12.7 Å². The summed E-state index contributed by atoms with van der Waals surface area (Å²) in [5, 5.41) is 2.70. The quantitative estimate of drug-likeness (QED) is 0.311. The van der Waals surface area contributed by atoms with Crippen molar-refractivity contribution >= 4 is 41.3 Å². The second kappa shape index (κ2) is 12.3. The Morgan fingerprint density at radius 1 is 0.833 bits per heavy atom. The van der Waals surface area contributed by atoms with E-state index in [1.807, 2.05) is 6.92 Å². The molecule has 0 aromatic carbocycles. The summed E-state index contributed by atoms with van der Waals surface area (Å²) in [5.74, 6) is -2.72. The number of carbonyl (C=O) groups is 4. The molecule has 0 saturated carbocycles. The number of carbonyl (C=O) groups excluding carboxylic acids is 4. The van der Waals surface area contributed by atoms with Gasteiger partial charge in [0, 0.05) is 27.7 Å². The number of thiocarbonyl (C=S) groups is 1. The largest absolute Gasteiger partial charge is 0.471 e. The minimum atomic E-state index is -1.27. The molecule has 11 nitrogen and oxygen atoms in total. The molecule has 1 saturated heterocycles. The Morgan fingerprint density at radius 2 is 1.37 bits per heavy atom. The van der Waals surface area contributed by atoms with Gasteiger partial charge in [0.2, 0.25) is 0 Å². The van der Waals surface area contributed by atoms with Crippen LogP contribution in [0, 0.1) is 0 Å². The van der Waals surface area contributed by atoms with Crippen molar-refractivity contribution in [1.29, 1.82) is 0 Å². The van der Waals surface area contributed by atoms with Crippen molar-refractivity contribution in [3.8, 4) is 0 Å². The predicted octanol–water partition coefficient (Wildman–Crippen LogP) is 0.371. The summed E-state index contributed by atoms with van der Waals surface area (Å²) >= 11 is 5.11. The summed E-state index contributed by atoms with van der Waals surface area (Å²) in [6.45, 7) is 6.53. The van der Waals surface area contributed by atoms with E-state index in [0.717, 1.165) is 20.8 Å². The van der Waals surface area contributed by atoms with Crippen LogP contribution < -0.4 is 5.32 Å². The molecule has 12 heteroatoms. The van der Waals surface area contributed by atoms with E-state index in [-0.39, 0.29) is 11.8 Å². The van der Waals surface area contributed by atoms with Gasteiger partial charge in [-0.3, -0.25) is 19.2 Å². The third-order valence-electron chi connectivity index (χ3n) is 3.69. The van der Waals surface area contributed by atoms with Gasteiger partial charge in [-0.15, -0.1) is 0 Å². The molecule has 1 aliphatic heterocycles. The standard InChI is InChI=1S/C18H27NO10S/c1-6-7-24-18(30)19-17-16(28-12(5)23)15(27-11(4)22)14(26-10(3)21)13(29-17)8-25-9(2)20/h13-17H,6-8H2,1-5H3,(H,19,30)/t13-,14+,15+,16+,17-/m1/s1. The first-order valence-corrected chi connectivity index (χ1v) is 9.69. The summed E-state index contributed by atoms with van der Waals surface area (Å²) in [6, 6.07) is 0. The van der Waals surface area contributed by atoms with Crippen LogP contribution in [0.3, 0.4) is 0 Å². The second-order valence-corrected chi connectivity index (χ2v) is 6.77. The van der Waals surface area contributed by atoms with Crippen LogP contribution >= 0.6 is 12.2 Å². The molecule has 0 aromatic rings. The van der Waals surface area contributed by atoms with Crippen molar-refractivity contribution in [3.05, 3.63) is 0 Å². The molecule has 0 radical (unpaired) electrons. The minimum absolute atomic E-state index is 0.0438. The molecule has 0 aromatic heterocycles. The van der Waals surface area contributed by atoms with E-state index in [1.54, 1.807) is 0 Å². The highest BCUT2D eigenvalue weighted by Gasteiger charge is 2.52. The molecule has 0 unspecified atom stereocenters. The van der Waals surface area contributed by atoms with Gasteiger partial charge < -0.3 is 33.7 Å². The molecular formula is C18H27NO10S. The maximum Gasteiger partial charge on any atom is 0.303 e. The Kier molecular flexibility index (Phi) is 10.5. The third-order valence-corrected chi connectivity index (χ3v) is 3.92. The zero-order chi connectivity index (χ0) is 22.8. The average molecular weight is 449 g/mol. The van der Waals surface area contributed by atoms with Gasteiger partial charge in [0.05, 0.1) is 6.61 Å². The van der Waals surface area contributed by atoms with Crippen molar-refractivity contribution in [2.24, 2.45) is 0 Å². The van der Waals surface area contributed by atoms with Gasteiger partial charge in [-0.25, -0.2) is 0 Å². The zero-order valence-electron chi connectivity index (χ0n) is 17.5. The first-order valence-electron chi connectivity index (χ1n) is 9.28. The second-order valence-electron chi connectivity index (χ2n) is 6.40. The molecule has 0 bridgehead atoms. The number of hydrogen-bond acceptors (Lipinski definition) is 11. The zero-order valence-corrected chi connectivity index (χ0v) is 18.3. The first kappa shape index (κ1) is 25.6. The SMILES string of the molecule is CCCOC(=S)N[C@@H]1O[C@H](COC(C)=O)[C@H](OC(C)=O)[C@H](OC(C)=O)[C@@H]1OC(C)=O. The van der Waals surface area contributed by atoms with E-state index in [9.17, 15) is 19.2 Å². The van der Waals surface area contributed by atoms with Crippen LogP contribution in [0.2, 0.25) is 0 Å². The highest BCUT2D eigenvalue weighted by molar-refractivity contribution is 7.80. The molecule has 1 fully saturated rings. The van der Waals surface area contributed by atoms with Crippen LogP contribution in [-0.4, -0.2) is 72.9 Å². The first-order chi connectivity index (χ1) is 14.0. The fourth-order valence-electron chi connectivity index (χ4n) is 2.70. The molecule has 5 atom stereocenters. The monoisotopic (exact) mass is 449 g/mol. The molecule has 1 N–H and O–H groups in total. The van der Waals surface area contributed by atoms with Gasteiger partial charge >= 0.3 is 23.9 Å². The summed E-state index contributed by atoms with van der Waals surface area (Å²) in [5.41, 5.74) is 0. The maximum atomic E-state index is 11.7. The Balaban J connectivity index is 3.27. The Morgan fingerprint density at radius 3 is 1.87 bits per heavy atom. The lowest BCUT2D eigenvalue weighted by Crippen LogP contribution is -2.66. The van der Waals surface area contributed by atoms with Crippen LogP contribution in [-0.2, 0) is 47.6 Å². The minimum Gasteiger partial charge on any atom is -0.471 e. The topological polar surface area (TPSA) is 136 Å². The lowest BCUT2D eigenvalue weighted by atomic mass is 9.97. The van der Waals surface area contributed by atoms with Crippen molar-refractivity contribution in [2.45, 2.75) is 71.7 Å². The number of nitrogens with one attached hydrogen (secondary N) is 1. The molecule has 170 valence electrons. The molecule has 0 amide bonds. The van der Waals surface area contributed by atoms with Crippen LogP contribution in [0.1, 0.15) is 41.0 Å². The van der Waals surface area contributed by atoms with Gasteiger partial charge in [0.25, 0.3) is 5.17 Å². The third kappa shape index (κ3) is 8.49.